The molecule has 86 valence electrons. The Morgan fingerprint density at radius 1 is 1.41 bits per heavy atom. The fourth-order valence-electron chi connectivity index (χ4n) is 2.33. The predicted octanol–water partition coefficient (Wildman–Crippen LogP) is 2.42. The molecule has 2 N–H and O–H groups in total. The molecule has 1 aliphatic heterocycles. The van der Waals surface area contributed by atoms with Gasteiger partial charge >= 0.3 is 0 Å². The molecular weight excluding hydrogens is 219 g/mol. The lowest BCUT2D eigenvalue weighted by Crippen LogP contribution is -2.11. The van der Waals surface area contributed by atoms with E-state index in [0.29, 0.717) is 12.1 Å². The molecule has 1 aromatic carbocycles. The summed E-state index contributed by atoms with van der Waals surface area (Å²) in [5.74, 6) is -0.384. The van der Waals surface area contributed by atoms with Gasteiger partial charge in [-0.1, -0.05) is 6.58 Å². The molecule has 1 aliphatic rings. The van der Waals surface area contributed by atoms with Crippen molar-refractivity contribution in [3.05, 3.63) is 48.1 Å². The summed E-state index contributed by atoms with van der Waals surface area (Å²) in [6.07, 6.45) is 2.20. The van der Waals surface area contributed by atoms with E-state index in [1.54, 1.807) is 6.07 Å². The van der Waals surface area contributed by atoms with E-state index in [0.717, 1.165) is 16.5 Å². The van der Waals surface area contributed by atoms with Crippen LogP contribution in [0.5, 0.6) is 0 Å². The molecule has 0 unspecified atom stereocenters. The summed E-state index contributed by atoms with van der Waals surface area (Å²) >= 11 is 0. The number of halogens is 1. The molecule has 2 aromatic rings. The summed E-state index contributed by atoms with van der Waals surface area (Å²) < 4.78 is 13.2. The van der Waals surface area contributed by atoms with Gasteiger partial charge in [-0.25, -0.2) is 4.39 Å². The summed E-state index contributed by atoms with van der Waals surface area (Å²) in [6.45, 7) is 3.83. The van der Waals surface area contributed by atoms with Gasteiger partial charge in [0.2, 0.25) is 5.91 Å². The maximum atomic E-state index is 13.2. The topological polar surface area (TPSA) is 44.9 Å². The van der Waals surface area contributed by atoms with Gasteiger partial charge in [0.25, 0.3) is 0 Å². The van der Waals surface area contributed by atoms with Crippen LogP contribution in [0.25, 0.3) is 10.9 Å². The van der Waals surface area contributed by atoms with Crippen LogP contribution in [-0.2, 0) is 4.79 Å². The number of aromatic amines is 1. The molecule has 1 atom stereocenters. The molecule has 3 rings (SSSR count). The minimum Gasteiger partial charge on any atom is -0.361 e. The number of benzene rings is 1. The Labute approximate surface area is 97.3 Å². The number of hydrogen-bond donors (Lipinski definition) is 2. The second-order valence-electron chi connectivity index (χ2n) is 4.26. The highest BCUT2D eigenvalue weighted by Gasteiger charge is 2.28. The number of rotatable bonds is 1. The summed E-state index contributed by atoms with van der Waals surface area (Å²) in [5, 5.41) is 3.51. The Balaban J connectivity index is 2.14. The molecule has 0 saturated carbocycles. The first-order valence-corrected chi connectivity index (χ1v) is 5.40. The smallest absolute Gasteiger partial charge is 0.225 e. The molecule has 3 nitrogen and oxygen atoms in total. The standard InChI is InChI=1S/C13H11FN2O/c1-7-9(5-13(17)16-7)11-6-15-12-3-2-8(14)4-10(11)12/h2-4,6,9,15H,1,5H2,(H,16,17)/t9-/m1/s1. The number of nitrogens with one attached hydrogen (secondary N) is 2. The molecule has 1 saturated heterocycles. The fourth-order valence-corrected chi connectivity index (χ4v) is 2.33. The molecule has 1 amide bonds. The molecule has 0 aliphatic carbocycles. The zero-order valence-electron chi connectivity index (χ0n) is 9.09. The van der Waals surface area contributed by atoms with Crippen LogP contribution < -0.4 is 5.32 Å². The zero-order chi connectivity index (χ0) is 12.0. The molecule has 0 bridgehead atoms. The van der Waals surface area contributed by atoms with Crippen LogP contribution in [-0.4, -0.2) is 10.9 Å². The maximum absolute atomic E-state index is 13.2. The average molecular weight is 230 g/mol. The van der Waals surface area contributed by atoms with Gasteiger partial charge < -0.3 is 10.3 Å². The van der Waals surface area contributed by atoms with Crippen molar-refractivity contribution >= 4 is 16.8 Å². The van der Waals surface area contributed by atoms with Gasteiger partial charge in [0.05, 0.1) is 0 Å². The number of H-pyrrole nitrogens is 1. The Hall–Kier alpha value is -2.10. The van der Waals surface area contributed by atoms with Crippen molar-refractivity contribution in [2.24, 2.45) is 0 Å². The highest BCUT2D eigenvalue weighted by Crippen LogP contribution is 2.34. The van der Waals surface area contributed by atoms with E-state index in [-0.39, 0.29) is 17.6 Å². The lowest BCUT2D eigenvalue weighted by molar-refractivity contribution is -0.118. The quantitative estimate of drug-likeness (QED) is 0.776. The molecule has 0 radical (unpaired) electrons. The third kappa shape index (κ3) is 1.53. The number of carbonyl (C=O) groups is 1. The number of amides is 1. The Morgan fingerprint density at radius 3 is 2.94 bits per heavy atom. The van der Waals surface area contributed by atoms with Crippen LogP contribution >= 0.6 is 0 Å². The Kier molecular flexibility index (Phi) is 2.04. The van der Waals surface area contributed by atoms with Gasteiger partial charge in [0, 0.05) is 35.1 Å². The fraction of sp³-hybridized carbons (Fsp3) is 0.154. The number of aromatic nitrogens is 1. The minimum atomic E-state index is -0.277. The van der Waals surface area contributed by atoms with Gasteiger partial charge in [-0.2, -0.15) is 0 Å². The normalized spacial score (nSPS) is 19.9. The number of hydrogen-bond acceptors (Lipinski definition) is 1. The van der Waals surface area contributed by atoms with Crippen molar-refractivity contribution in [1.29, 1.82) is 0 Å². The summed E-state index contributed by atoms with van der Waals surface area (Å²) in [4.78, 5) is 14.4. The SMILES string of the molecule is C=C1NC(=O)C[C@H]1c1c[nH]c2ccc(F)cc12. The van der Waals surface area contributed by atoms with Crippen LogP contribution in [0.15, 0.2) is 36.7 Å². The molecular formula is C13H11FN2O. The van der Waals surface area contributed by atoms with E-state index in [1.807, 2.05) is 6.20 Å². The van der Waals surface area contributed by atoms with E-state index in [9.17, 15) is 9.18 Å². The maximum Gasteiger partial charge on any atom is 0.225 e. The van der Waals surface area contributed by atoms with Crippen LogP contribution in [0.1, 0.15) is 17.9 Å². The van der Waals surface area contributed by atoms with Crippen LogP contribution in [0.4, 0.5) is 4.39 Å². The van der Waals surface area contributed by atoms with E-state index < -0.39 is 0 Å². The second kappa shape index (κ2) is 3.45. The third-order valence-corrected chi connectivity index (χ3v) is 3.16. The molecule has 4 heteroatoms. The first-order valence-electron chi connectivity index (χ1n) is 5.40. The number of fused-ring (bicyclic) bond motifs is 1. The minimum absolute atomic E-state index is 0.0363. The van der Waals surface area contributed by atoms with Crippen molar-refractivity contribution in [3.63, 3.8) is 0 Å². The van der Waals surface area contributed by atoms with Gasteiger partial charge in [0.15, 0.2) is 0 Å². The predicted molar refractivity (Wildman–Crippen MR) is 62.9 cm³/mol. The average Bonchev–Trinajstić information content (AvgIpc) is 2.81. The van der Waals surface area contributed by atoms with Crippen LogP contribution in [0, 0.1) is 5.82 Å². The Bertz CT molecular complexity index is 629. The lowest BCUT2D eigenvalue weighted by atomic mass is 9.95. The molecule has 2 heterocycles. The molecule has 1 aromatic heterocycles. The molecule has 17 heavy (non-hydrogen) atoms. The van der Waals surface area contributed by atoms with E-state index >= 15 is 0 Å². The highest BCUT2D eigenvalue weighted by atomic mass is 19.1. The third-order valence-electron chi connectivity index (χ3n) is 3.16. The van der Waals surface area contributed by atoms with Crippen molar-refractivity contribution in [2.75, 3.05) is 0 Å². The van der Waals surface area contributed by atoms with Crippen LogP contribution in [0.3, 0.4) is 0 Å². The second-order valence-corrected chi connectivity index (χ2v) is 4.26. The van der Waals surface area contributed by atoms with Gasteiger partial charge in [-0.3, -0.25) is 4.79 Å². The van der Waals surface area contributed by atoms with E-state index in [1.165, 1.54) is 12.1 Å². The Morgan fingerprint density at radius 2 is 2.24 bits per heavy atom. The van der Waals surface area contributed by atoms with Gasteiger partial charge in [-0.15, -0.1) is 0 Å². The summed E-state index contributed by atoms with van der Waals surface area (Å²) in [6, 6.07) is 4.59. The van der Waals surface area contributed by atoms with Crippen LogP contribution in [0.2, 0.25) is 0 Å². The van der Waals surface area contributed by atoms with E-state index in [4.69, 9.17) is 0 Å². The lowest BCUT2D eigenvalue weighted by Gasteiger charge is -2.07. The molecule has 1 fully saturated rings. The molecule has 0 spiro atoms. The van der Waals surface area contributed by atoms with Crippen molar-refractivity contribution < 1.29 is 9.18 Å². The van der Waals surface area contributed by atoms with Gasteiger partial charge in [-0.05, 0) is 23.8 Å². The van der Waals surface area contributed by atoms with Gasteiger partial charge in [0.1, 0.15) is 5.82 Å². The first-order chi connectivity index (χ1) is 8.15. The van der Waals surface area contributed by atoms with E-state index in [2.05, 4.69) is 16.9 Å². The monoisotopic (exact) mass is 230 g/mol. The summed E-state index contributed by atoms with van der Waals surface area (Å²) in [7, 11) is 0. The van der Waals surface area contributed by atoms with Crippen molar-refractivity contribution in [2.45, 2.75) is 12.3 Å². The number of allylic oxidation sites excluding steroid dienone is 1. The number of carbonyl (C=O) groups excluding carboxylic acids is 1. The summed E-state index contributed by atoms with van der Waals surface area (Å²) in [5.41, 5.74) is 2.47. The highest BCUT2D eigenvalue weighted by molar-refractivity contribution is 5.88. The largest absolute Gasteiger partial charge is 0.361 e. The van der Waals surface area contributed by atoms with Crippen molar-refractivity contribution in [1.82, 2.24) is 10.3 Å². The van der Waals surface area contributed by atoms with Crippen molar-refractivity contribution in [3.8, 4) is 0 Å². The first kappa shape index (κ1) is 10.1. The zero-order valence-corrected chi connectivity index (χ0v) is 9.09.